The van der Waals surface area contributed by atoms with Crippen LogP contribution in [0.2, 0.25) is 0 Å². The molecule has 0 saturated heterocycles. The van der Waals surface area contributed by atoms with Gasteiger partial charge in [0.1, 0.15) is 10.8 Å². The predicted octanol–water partition coefficient (Wildman–Crippen LogP) is 3.53. The van der Waals surface area contributed by atoms with Gasteiger partial charge in [-0.1, -0.05) is 18.1 Å². The van der Waals surface area contributed by atoms with Gasteiger partial charge in [-0.15, -0.1) is 17.8 Å². The highest BCUT2D eigenvalue weighted by atomic mass is 32.1. The van der Waals surface area contributed by atoms with Crippen molar-refractivity contribution in [2.24, 2.45) is 5.73 Å². The van der Waals surface area contributed by atoms with E-state index in [2.05, 4.69) is 10.9 Å². The zero-order chi connectivity index (χ0) is 15.5. The van der Waals surface area contributed by atoms with E-state index in [4.69, 9.17) is 16.9 Å². The van der Waals surface area contributed by atoms with Crippen LogP contribution in [-0.2, 0) is 6.42 Å². The number of fused-ring (bicyclic) bond motifs is 1. The molecule has 0 aliphatic rings. The van der Waals surface area contributed by atoms with Crippen molar-refractivity contribution in [3.05, 3.63) is 58.6 Å². The standard InChI is InChI=1S/C18H16N2OS/c1-3-12-5-4-6-13(9-12)10-15(19)18-20-16-8-7-14(21-2)11-17(16)22-18/h1,4-9,11,15H,10,19H2,2H3. The molecule has 1 atom stereocenters. The van der Waals surface area contributed by atoms with Gasteiger partial charge < -0.3 is 10.5 Å². The molecule has 0 bridgehead atoms. The normalized spacial score (nSPS) is 12.0. The lowest BCUT2D eigenvalue weighted by molar-refractivity contribution is 0.415. The van der Waals surface area contributed by atoms with Crippen molar-refractivity contribution in [3.8, 4) is 18.1 Å². The van der Waals surface area contributed by atoms with Crippen molar-refractivity contribution in [1.82, 2.24) is 4.98 Å². The maximum Gasteiger partial charge on any atom is 0.120 e. The van der Waals surface area contributed by atoms with Crippen LogP contribution in [0.3, 0.4) is 0 Å². The second-order valence-corrected chi connectivity index (χ2v) is 6.10. The first kappa shape index (κ1) is 14.6. The molecule has 0 spiro atoms. The van der Waals surface area contributed by atoms with Crippen molar-refractivity contribution < 1.29 is 4.74 Å². The van der Waals surface area contributed by atoms with Gasteiger partial charge in [0, 0.05) is 5.56 Å². The first-order valence-corrected chi connectivity index (χ1v) is 7.77. The Hall–Kier alpha value is -2.35. The van der Waals surface area contributed by atoms with Crippen molar-refractivity contribution in [2.45, 2.75) is 12.5 Å². The summed E-state index contributed by atoms with van der Waals surface area (Å²) in [5.41, 5.74) is 9.27. The van der Waals surface area contributed by atoms with Crippen LogP contribution in [0.15, 0.2) is 42.5 Å². The molecule has 2 N–H and O–H groups in total. The third-order valence-electron chi connectivity index (χ3n) is 3.48. The summed E-state index contributed by atoms with van der Waals surface area (Å²) in [4.78, 5) is 4.62. The Labute approximate surface area is 133 Å². The number of rotatable bonds is 4. The molecule has 0 radical (unpaired) electrons. The quantitative estimate of drug-likeness (QED) is 0.750. The second kappa shape index (κ2) is 6.18. The highest BCUT2D eigenvalue weighted by molar-refractivity contribution is 7.18. The molecule has 3 aromatic rings. The Morgan fingerprint density at radius 2 is 2.18 bits per heavy atom. The Morgan fingerprint density at radius 1 is 1.32 bits per heavy atom. The molecule has 4 heteroatoms. The van der Waals surface area contributed by atoms with E-state index in [9.17, 15) is 0 Å². The van der Waals surface area contributed by atoms with E-state index in [1.165, 1.54) is 0 Å². The fraction of sp³-hybridized carbons (Fsp3) is 0.167. The average molecular weight is 308 g/mol. The maximum atomic E-state index is 6.32. The summed E-state index contributed by atoms with van der Waals surface area (Å²) in [5, 5.41) is 0.925. The van der Waals surface area contributed by atoms with Crippen LogP contribution < -0.4 is 10.5 Å². The van der Waals surface area contributed by atoms with Crippen LogP contribution in [-0.4, -0.2) is 12.1 Å². The summed E-state index contributed by atoms with van der Waals surface area (Å²) in [7, 11) is 1.66. The summed E-state index contributed by atoms with van der Waals surface area (Å²) in [6.45, 7) is 0. The molecule has 0 amide bonds. The summed E-state index contributed by atoms with van der Waals surface area (Å²) < 4.78 is 6.33. The van der Waals surface area contributed by atoms with E-state index >= 15 is 0 Å². The smallest absolute Gasteiger partial charge is 0.120 e. The van der Waals surface area contributed by atoms with Gasteiger partial charge >= 0.3 is 0 Å². The minimum atomic E-state index is -0.142. The molecule has 0 aliphatic carbocycles. The molecular formula is C18H16N2OS. The number of nitrogens with zero attached hydrogens (tertiary/aromatic N) is 1. The zero-order valence-corrected chi connectivity index (χ0v) is 13.1. The molecule has 3 rings (SSSR count). The van der Waals surface area contributed by atoms with E-state index in [1.807, 2.05) is 42.5 Å². The van der Waals surface area contributed by atoms with Gasteiger partial charge in [-0.2, -0.15) is 0 Å². The fourth-order valence-electron chi connectivity index (χ4n) is 2.34. The third kappa shape index (κ3) is 2.96. The van der Waals surface area contributed by atoms with Gasteiger partial charge in [-0.3, -0.25) is 0 Å². The SMILES string of the molecule is C#Cc1cccc(CC(N)c2nc3ccc(OC)cc3s2)c1. The van der Waals surface area contributed by atoms with E-state index in [1.54, 1.807) is 18.4 Å². The van der Waals surface area contributed by atoms with Crippen LogP contribution in [0.1, 0.15) is 22.2 Å². The van der Waals surface area contributed by atoms with Crippen molar-refractivity contribution >= 4 is 21.6 Å². The Balaban J connectivity index is 1.85. The van der Waals surface area contributed by atoms with Crippen molar-refractivity contribution in [3.63, 3.8) is 0 Å². The number of methoxy groups -OCH3 is 1. The van der Waals surface area contributed by atoms with Crippen LogP contribution in [0, 0.1) is 12.3 Å². The second-order valence-electron chi connectivity index (χ2n) is 5.04. The number of hydrogen-bond acceptors (Lipinski definition) is 4. The van der Waals surface area contributed by atoms with Gasteiger partial charge in [0.25, 0.3) is 0 Å². The molecule has 3 nitrogen and oxygen atoms in total. The molecule has 0 saturated carbocycles. The zero-order valence-electron chi connectivity index (χ0n) is 12.2. The molecule has 1 unspecified atom stereocenters. The highest BCUT2D eigenvalue weighted by Crippen LogP contribution is 2.29. The molecule has 110 valence electrons. The molecular weight excluding hydrogens is 292 g/mol. The average Bonchev–Trinajstić information content (AvgIpc) is 2.98. The lowest BCUT2D eigenvalue weighted by Gasteiger charge is -2.08. The lowest BCUT2D eigenvalue weighted by Crippen LogP contribution is -2.13. The summed E-state index contributed by atoms with van der Waals surface area (Å²) in [6.07, 6.45) is 6.15. The first-order chi connectivity index (χ1) is 10.7. The van der Waals surface area contributed by atoms with Crippen LogP contribution in [0.4, 0.5) is 0 Å². The minimum absolute atomic E-state index is 0.142. The molecule has 1 aromatic heterocycles. The van der Waals surface area contributed by atoms with Gasteiger partial charge in [0.15, 0.2) is 0 Å². The number of benzene rings is 2. The lowest BCUT2D eigenvalue weighted by atomic mass is 10.0. The maximum absolute atomic E-state index is 6.32. The predicted molar refractivity (Wildman–Crippen MR) is 91.2 cm³/mol. The summed E-state index contributed by atoms with van der Waals surface area (Å²) >= 11 is 1.61. The minimum Gasteiger partial charge on any atom is -0.497 e. The van der Waals surface area contributed by atoms with Crippen LogP contribution in [0.5, 0.6) is 5.75 Å². The van der Waals surface area contributed by atoms with Crippen LogP contribution in [0.25, 0.3) is 10.2 Å². The monoisotopic (exact) mass is 308 g/mol. The first-order valence-electron chi connectivity index (χ1n) is 6.95. The van der Waals surface area contributed by atoms with Gasteiger partial charge in [0.2, 0.25) is 0 Å². The van der Waals surface area contributed by atoms with Crippen LogP contribution >= 0.6 is 11.3 Å². The Morgan fingerprint density at radius 3 is 2.95 bits per heavy atom. The molecule has 0 aliphatic heterocycles. The number of thiazole rings is 1. The third-order valence-corrected chi connectivity index (χ3v) is 4.63. The van der Waals surface area contributed by atoms with Gasteiger partial charge in [-0.05, 0) is 42.3 Å². The van der Waals surface area contributed by atoms with Gasteiger partial charge in [0.05, 0.1) is 23.4 Å². The number of ether oxygens (including phenoxy) is 1. The Bertz CT molecular complexity index is 848. The number of nitrogens with two attached hydrogens (primary N) is 1. The summed E-state index contributed by atoms with van der Waals surface area (Å²) in [6, 6.07) is 13.6. The summed E-state index contributed by atoms with van der Waals surface area (Å²) in [5.74, 6) is 3.48. The van der Waals surface area contributed by atoms with E-state index in [0.717, 1.165) is 32.1 Å². The van der Waals surface area contributed by atoms with E-state index in [0.29, 0.717) is 6.42 Å². The van der Waals surface area contributed by atoms with Gasteiger partial charge in [-0.25, -0.2) is 4.98 Å². The van der Waals surface area contributed by atoms with E-state index < -0.39 is 0 Å². The van der Waals surface area contributed by atoms with Crippen molar-refractivity contribution in [1.29, 1.82) is 0 Å². The molecule has 0 fully saturated rings. The number of hydrogen-bond donors (Lipinski definition) is 1. The van der Waals surface area contributed by atoms with Crippen molar-refractivity contribution in [2.75, 3.05) is 7.11 Å². The largest absolute Gasteiger partial charge is 0.497 e. The molecule has 2 aromatic carbocycles. The van der Waals surface area contributed by atoms with E-state index in [-0.39, 0.29) is 6.04 Å². The Kier molecular flexibility index (Phi) is 4.10. The fourth-order valence-corrected chi connectivity index (χ4v) is 3.34. The number of aromatic nitrogens is 1. The molecule has 22 heavy (non-hydrogen) atoms. The molecule has 1 heterocycles. The number of terminal acetylenes is 1. The topological polar surface area (TPSA) is 48.1 Å². The highest BCUT2D eigenvalue weighted by Gasteiger charge is 2.13.